The van der Waals surface area contributed by atoms with E-state index in [0.717, 1.165) is 11.6 Å². The average molecular weight is 322 g/mol. The van der Waals surface area contributed by atoms with E-state index in [9.17, 15) is 18.5 Å². The van der Waals surface area contributed by atoms with E-state index >= 15 is 0 Å². The van der Waals surface area contributed by atoms with E-state index in [0.29, 0.717) is 5.75 Å². The standard InChI is InChI=1S/C14H14N2O5S/c1-10-6-7-14(21-2)13(8-10)15-22(19,20)12-5-3-4-11(9-12)16(17)18/h3-9,15H,1-2H3. The number of nitrogens with one attached hydrogen (secondary N) is 1. The number of hydrogen-bond acceptors (Lipinski definition) is 5. The predicted octanol–water partition coefficient (Wildman–Crippen LogP) is 2.71. The molecule has 0 aliphatic heterocycles. The maximum Gasteiger partial charge on any atom is 0.270 e. The lowest BCUT2D eigenvalue weighted by Gasteiger charge is -2.12. The number of non-ortho nitro benzene ring substituents is 1. The third-order valence-corrected chi connectivity index (χ3v) is 4.30. The molecule has 8 heteroatoms. The number of methoxy groups -OCH3 is 1. The number of sulfonamides is 1. The molecule has 2 aromatic rings. The Morgan fingerprint density at radius 3 is 2.55 bits per heavy atom. The second kappa shape index (κ2) is 6.02. The summed E-state index contributed by atoms with van der Waals surface area (Å²) in [4.78, 5) is 9.92. The first-order valence-corrected chi connectivity index (χ1v) is 7.74. The van der Waals surface area contributed by atoms with Gasteiger partial charge in [-0.25, -0.2) is 8.42 Å². The van der Waals surface area contributed by atoms with Crippen LogP contribution in [0.5, 0.6) is 5.75 Å². The third-order valence-electron chi connectivity index (χ3n) is 2.94. The van der Waals surface area contributed by atoms with Gasteiger partial charge in [0, 0.05) is 12.1 Å². The van der Waals surface area contributed by atoms with Gasteiger partial charge < -0.3 is 4.74 Å². The molecule has 0 fully saturated rings. The van der Waals surface area contributed by atoms with E-state index in [2.05, 4.69) is 4.72 Å². The summed E-state index contributed by atoms with van der Waals surface area (Å²) in [5, 5.41) is 10.8. The minimum atomic E-state index is -3.95. The van der Waals surface area contributed by atoms with Crippen LogP contribution in [0.15, 0.2) is 47.4 Å². The SMILES string of the molecule is COc1ccc(C)cc1NS(=O)(=O)c1cccc([N+](=O)[O-])c1. The van der Waals surface area contributed by atoms with Crippen molar-refractivity contribution < 1.29 is 18.1 Å². The molecule has 22 heavy (non-hydrogen) atoms. The molecule has 2 aromatic carbocycles. The van der Waals surface area contributed by atoms with Crippen molar-refractivity contribution in [2.24, 2.45) is 0 Å². The first-order valence-electron chi connectivity index (χ1n) is 6.25. The van der Waals surface area contributed by atoms with Crippen LogP contribution in [0.2, 0.25) is 0 Å². The van der Waals surface area contributed by atoms with E-state index in [4.69, 9.17) is 4.74 Å². The number of hydrogen-bond donors (Lipinski definition) is 1. The Labute approximate surface area is 127 Å². The molecule has 116 valence electrons. The molecule has 0 spiro atoms. The summed E-state index contributed by atoms with van der Waals surface area (Å²) in [5.41, 5.74) is 0.825. The Morgan fingerprint density at radius 2 is 1.91 bits per heavy atom. The van der Waals surface area contributed by atoms with Crippen molar-refractivity contribution >= 4 is 21.4 Å². The summed E-state index contributed by atoms with van der Waals surface area (Å²) in [5.74, 6) is 0.361. The van der Waals surface area contributed by atoms with Crippen LogP contribution in [0.1, 0.15) is 5.56 Å². The molecule has 0 saturated heterocycles. The maximum absolute atomic E-state index is 12.4. The lowest BCUT2D eigenvalue weighted by atomic mass is 10.2. The van der Waals surface area contributed by atoms with Gasteiger partial charge in [-0.3, -0.25) is 14.8 Å². The molecule has 0 aromatic heterocycles. The number of anilines is 1. The molecule has 0 heterocycles. The van der Waals surface area contributed by atoms with Crippen molar-refractivity contribution in [1.29, 1.82) is 0 Å². The summed E-state index contributed by atoms with van der Waals surface area (Å²) < 4.78 is 32.2. The van der Waals surface area contributed by atoms with E-state index in [1.54, 1.807) is 18.2 Å². The Bertz CT molecular complexity index is 818. The summed E-state index contributed by atoms with van der Waals surface area (Å²) >= 11 is 0. The van der Waals surface area contributed by atoms with Crippen LogP contribution in [-0.4, -0.2) is 20.5 Å². The second-order valence-corrected chi connectivity index (χ2v) is 6.25. The Hall–Kier alpha value is -2.61. The van der Waals surface area contributed by atoms with Gasteiger partial charge in [0.05, 0.1) is 22.6 Å². The van der Waals surface area contributed by atoms with E-state index in [-0.39, 0.29) is 16.3 Å². The first-order chi connectivity index (χ1) is 10.3. The highest BCUT2D eigenvalue weighted by Gasteiger charge is 2.19. The summed E-state index contributed by atoms with van der Waals surface area (Å²) in [6.45, 7) is 1.81. The fourth-order valence-corrected chi connectivity index (χ4v) is 2.97. The molecular weight excluding hydrogens is 308 g/mol. The van der Waals surface area contributed by atoms with Gasteiger partial charge in [-0.1, -0.05) is 12.1 Å². The second-order valence-electron chi connectivity index (χ2n) is 4.56. The quantitative estimate of drug-likeness (QED) is 0.674. The topological polar surface area (TPSA) is 98.5 Å². The highest BCUT2D eigenvalue weighted by atomic mass is 32.2. The summed E-state index contributed by atoms with van der Waals surface area (Å²) in [6.07, 6.45) is 0. The number of nitro benzene ring substituents is 1. The largest absolute Gasteiger partial charge is 0.495 e. The lowest BCUT2D eigenvalue weighted by Crippen LogP contribution is -2.14. The lowest BCUT2D eigenvalue weighted by molar-refractivity contribution is -0.385. The van der Waals surface area contributed by atoms with E-state index in [1.807, 2.05) is 6.92 Å². The van der Waals surface area contributed by atoms with Gasteiger partial charge >= 0.3 is 0 Å². The number of ether oxygens (including phenoxy) is 1. The van der Waals surface area contributed by atoms with Crippen LogP contribution < -0.4 is 9.46 Å². The molecule has 2 rings (SSSR count). The molecule has 1 N–H and O–H groups in total. The number of nitro groups is 1. The van der Waals surface area contributed by atoms with Crippen molar-refractivity contribution in [3.8, 4) is 5.75 Å². The smallest absolute Gasteiger partial charge is 0.270 e. The monoisotopic (exact) mass is 322 g/mol. The highest BCUT2D eigenvalue weighted by molar-refractivity contribution is 7.92. The molecule has 0 radical (unpaired) electrons. The Balaban J connectivity index is 2.42. The average Bonchev–Trinajstić information content (AvgIpc) is 2.47. The molecule has 0 unspecified atom stereocenters. The van der Waals surface area contributed by atoms with Gasteiger partial charge in [0.1, 0.15) is 5.75 Å². The van der Waals surface area contributed by atoms with E-state index in [1.165, 1.54) is 25.3 Å². The van der Waals surface area contributed by atoms with Crippen LogP contribution in [0.25, 0.3) is 0 Å². The highest BCUT2D eigenvalue weighted by Crippen LogP contribution is 2.28. The number of benzene rings is 2. The minimum Gasteiger partial charge on any atom is -0.495 e. The van der Waals surface area contributed by atoms with Gasteiger partial charge in [0.25, 0.3) is 15.7 Å². The predicted molar refractivity (Wildman–Crippen MR) is 81.6 cm³/mol. The van der Waals surface area contributed by atoms with Crippen molar-refractivity contribution in [3.63, 3.8) is 0 Å². The van der Waals surface area contributed by atoms with Gasteiger partial charge in [0.15, 0.2) is 0 Å². The number of rotatable bonds is 5. The molecular formula is C14H14N2O5S. The third kappa shape index (κ3) is 3.34. The zero-order valence-corrected chi connectivity index (χ0v) is 12.8. The molecule has 0 aliphatic carbocycles. The van der Waals surface area contributed by atoms with Crippen LogP contribution in [0.4, 0.5) is 11.4 Å². The van der Waals surface area contributed by atoms with Crippen LogP contribution in [0.3, 0.4) is 0 Å². The molecule has 0 bridgehead atoms. The normalized spacial score (nSPS) is 11.0. The fraction of sp³-hybridized carbons (Fsp3) is 0.143. The fourth-order valence-electron chi connectivity index (χ4n) is 1.87. The van der Waals surface area contributed by atoms with Crippen molar-refractivity contribution in [1.82, 2.24) is 0 Å². The Kier molecular flexibility index (Phi) is 4.32. The van der Waals surface area contributed by atoms with Crippen molar-refractivity contribution in [2.75, 3.05) is 11.8 Å². The van der Waals surface area contributed by atoms with Gasteiger partial charge in [-0.15, -0.1) is 0 Å². The van der Waals surface area contributed by atoms with Crippen LogP contribution in [0, 0.1) is 17.0 Å². The summed E-state index contributed by atoms with van der Waals surface area (Å²) in [7, 11) is -2.53. The van der Waals surface area contributed by atoms with Crippen molar-refractivity contribution in [2.45, 2.75) is 11.8 Å². The molecule has 0 saturated carbocycles. The zero-order valence-electron chi connectivity index (χ0n) is 11.9. The van der Waals surface area contributed by atoms with Gasteiger partial charge in [-0.2, -0.15) is 0 Å². The van der Waals surface area contributed by atoms with Crippen LogP contribution in [-0.2, 0) is 10.0 Å². The maximum atomic E-state index is 12.4. The molecule has 0 atom stereocenters. The number of nitrogens with zero attached hydrogens (tertiary/aromatic N) is 1. The van der Waals surface area contributed by atoms with Crippen LogP contribution >= 0.6 is 0 Å². The van der Waals surface area contributed by atoms with E-state index < -0.39 is 14.9 Å². The molecule has 0 aliphatic rings. The van der Waals surface area contributed by atoms with Gasteiger partial charge in [0.2, 0.25) is 0 Å². The molecule has 7 nitrogen and oxygen atoms in total. The minimum absolute atomic E-state index is 0.190. The summed E-state index contributed by atoms with van der Waals surface area (Å²) in [6, 6.07) is 9.88. The molecule has 0 amide bonds. The van der Waals surface area contributed by atoms with Gasteiger partial charge in [-0.05, 0) is 30.7 Å². The first kappa shape index (κ1) is 15.8. The zero-order chi connectivity index (χ0) is 16.3. The number of aryl methyl sites for hydroxylation is 1. The van der Waals surface area contributed by atoms with Crippen molar-refractivity contribution in [3.05, 3.63) is 58.1 Å². The Morgan fingerprint density at radius 1 is 1.18 bits per heavy atom.